The smallest absolute Gasteiger partial charge is 0.294 e. The zero-order chi connectivity index (χ0) is 14.8. The van der Waals surface area contributed by atoms with Crippen molar-refractivity contribution >= 4 is 28.0 Å². The molecule has 0 unspecified atom stereocenters. The number of carbonyl (C=O) groups excluding carboxylic acids is 2. The highest BCUT2D eigenvalue weighted by Gasteiger charge is 2.27. The third kappa shape index (κ3) is 3.19. The van der Waals surface area contributed by atoms with Crippen molar-refractivity contribution in [3.8, 4) is 0 Å². The molecule has 0 aliphatic carbocycles. The molecule has 0 spiro atoms. The molecule has 1 N–H and O–H groups in total. The number of ether oxygens (including phenoxy) is 2. The van der Waals surface area contributed by atoms with Gasteiger partial charge in [0.15, 0.2) is 5.78 Å². The molecule has 0 saturated heterocycles. The summed E-state index contributed by atoms with van der Waals surface area (Å²) in [5.41, 5.74) is 0.0257. The highest BCUT2D eigenvalue weighted by molar-refractivity contribution is 7.14. The van der Waals surface area contributed by atoms with E-state index in [4.69, 9.17) is 9.47 Å². The molecule has 1 aliphatic heterocycles. The van der Waals surface area contributed by atoms with E-state index in [0.717, 1.165) is 0 Å². The van der Waals surface area contributed by atoms with Crippen LogP contribution in [0.15, 0.2) is 23.5 Å². The summed E-state index contributed by atoms with van der Waals surface area (Å²) >= 11 is 1.31. The Balaban J connectivity index is 2.15. The van der Waals surface area contributed by atoms with Gasteiger partial charge in [-0.3, -0.25) is 9.59 Å². The number of carbonyl (C=O) groups is 2. The quantitative estimate of drug-likeness (QED) is 0.871. The zero-order valence-corrected chi connectivity index (χ0v) is 12.5. The van der Waals surface area contributed by atoms with E-state index in [1.807, 2.05) is 20.8 Å². The lowest BCUT2D eigenvalue weighted by Gasteiger charge is -2.18. The van der Waals surface area contributed by atoms with E-state index in [1.165, 1.54) is 17.6 Å². The van der Waals surface area contributed by atoms with Crippen molar-refractivity contribution in [3.63, 3.8) is 0 Å². The average Bonchev–Trinajstić information content (AvgIpc) is 2.85. The fourth-order valence-corrected chi connectivity index (χ4v) is 2.42. The minimum atomic E-state index is -0.496. The number of ketones is 1. The Kier molecular flexibility index (Phi) is 4.13. The van der Waals surface area contributed by atoms with Crippen LogP contribution in [0.3, 0.4) is 0 Å². The second kappa shape index (κ2) is 5.66. The number of amides is 1. The lowest BCUT2D eigenvalue weighted by Crippen LogP contribution is -2.24. The van der Waals surface area contributed by atoms with E-state index in [0.29, 0.717) is 23.8 Å². The minimum Gasteiger partial charge on any atom is -0.494 e. The summed E-state index contributed by atoms with van der Waals surface area (Å²) in [6, 6.07) is 1.72. The molecule has 1 amide bonds. The predicted molar refractivity (Wildman–Crippen MR) is 76.7 cm³/mol. The zero-order valence-electron chi connectivity index (χ0n) is 11.7. The first-order chi connectivity index (χ1) is 9.39. The maximum Gasteiger partial charge on any atom is 0.294 e. The van der Waals surface area contributed by atoms with Crippen LogP contribution in [0, 0.1) is 5.41 Å². The van der Waals surface area contributed by atoms with Gasteiger partial charge in [0.1, 0.15) is 24.5 Å². The SMILES string of the molecule is CC(C)(C)C(=O)c1ccsc1NC(=O)C1=COCCO1. The molecule has 0 bridgehead atoms. The molecule has 0 radical (unpaired) electrons. The number of thiophene rings is 1. The molecule has 108 valence electrons. The van der Waals surface area contributed by atoms with Crippen LogP contribution in [0.2, 0.25) is 0 Å². The Morgan fingerprint density at radius 3 is 2.65 bits per heavy atom. The van der Waals surface area contributed by atoms with Crippen LogP contribution >= 0.6 is 11.3 Å². The Bertz CT molecular complexity index is 554. The van der Waals surface area contributed by atoms with Crippen molar-refractivity contribution in [2.45, 2.75) is 20.8 Å². The summed E-state index contributed by atoms with van der Waals surface area (Å²) in [7, 11) is 0. The van der Waals surface area contributed by atoms with E-state index in [-0.39, 0.29) is 11.5 Å². The number of nitrogens with one attached hydrogen (secondary N) is 1. The van der Waals surface area contributed by atoms with Crippen molar-refractivity contribution < 1.29 is 19.1 Å². The highest BCUT2D eigenvalue weighted by Crippen LogP contribution is 2.30. The molecule has 0 fully saturated rings. The summed E-state index contributed by atoms with van der Waals surface area (Å²) in [5.74, 6) is -0.294. The number of hydrogen-bond acceptors (Lipinski definition) is 5. The fraction of sp³-hybridized carbons (Fsp3) is 0.429. The number of rotatable bonds is 3. The second-order valence-electron chi connectivity index (χ2n) is 5.40. The molecule has 2 rings (SSSR count). The molecule has 0 atom stereocenters. The van der Waals surface area contributed by atoms with Gasteiger partial charge in [-0.25, -0.2) is 0 Å². The third-order valence-electron chi connectivity index (χ3n) is 2.69. The van der Waals surface area contributed by atoms with Gasteiger partial charge in [0.2, 0.25) is 5.76 Å². The molecule has 0 aromatic carbocycles. The molecular formula is C14H17NO4S. The largest absolute Gasteiger partial charge is 0.494 e. The molecule has 6 heteroatoms. The molecule has 1 aromatic rings. The summed E-state index contributed by atoms with van der Waals surface area (Å²) < 4.78 is 10.2. The van der Waals surface area contributed by atoms with Crippen LogP contribution in [0.25, 0.3) is 0 Å². The normalized spacial score (nSPS) is 14.8. The van der Waals surface area contributed by atoms with Gasteiger partial charge in [-0.2, -0.15) is 0 Å². The fourth-order valence-electron chi connectivity index (χ4n) is 1.64. The maximum absolute atomic E-state index is 12.3. The Morgan fingerprint density at radius 2 is 2.05 bits per heavy atom. The van der Waals surface area contributed by atoms with Crippen molar-refractivity contribution in [2.75, 3.05) is 18.5 Å². The Morgan fingerprint density at radius 1 is 1.30 bits per heavy atom. The van der Waals surface area contributed by atoms with Gasteiger partial charge in [-0.15, -0.1) is 11.3 Å². The summed E-state index contributed by atoms with van der Waals surface area (Å²) in [5, 5.41) is 5.01. The van der Waals surface area contributed by atoms with Gasteiger partial charge in [-0.1, -0.05) is 20.8 Å². The molecular weight excluding hydrogens is 278 g/mol. The van der Waals surface area contributed by atoms with Crippen molar-refractivity contribution in [1.82, 2.24) is 0 Å². The van der Waals surface area contributed by atoms with Gasteiger partial charge in [0.25, 0.3) is 5.91 Å². The third-order valence-corrected chi connectivity index (χ3v) is 3.52. The summed E-state index contributed by atoms with van der Waals surface area (Å²) in [4.78, 5) is 24.3. The first-order valence-corrected chi connectivity index (χ1v) is 7.16. The van der Waals surface area contributed by atoms with Crippen LogP contribution in [0.4, 0.5) is 5.00 Å². The second-order valence-corrected chi connectivity index (χ2v) is 6.31. The monoisotopic (exact) mass is 295 g/mol. The van der Waals surface area contributed by atoms with E-state index in [1.54, 1.807) is 11.4 Å². The summed E-state index contributed by atoms with van der Waals surface area (Å²) in [6.07, 6.45) is 1.29. The number of hydrogen-bond donors (Lipinski definition) is 1. The van der Waals surface area contributed by atoms with Crippen LogP contribution in [-0.2, 0) is 14.3 Å². The number of anilines is 1. The van der Waals surface area contributed by atoms with Crippen molar-refractivity contribution in [3.05, 3.63) is 29.0 Å². The summed E-state index contributed by atoms with van der Waals surface area (Å²) in [6.45, 7) is 6.32. The van der Waals surface area contributed by atoms with Crippen LogP contribution < -0.4 is 5.32 Å². The van der Waals surface area contributed by atoms with Crippen LogP contribution in [0.1, 0.15) is 31.1 Å². The maximum atomic E-state index is 12.3. The molecule has 1 aromatic heterocycles. The van der Waals surface area contributed by atoms with Gasteiger partial charge in [0.05, 0.1) is 5.56 Å². The van der Waals surface area contributed by atoms with Gasteiger partial charge in [-0.05, 0) is 11.4 Å². The predicted octanol–water partition coefficient (Wildman–Crippen LogP) is 2.80. The van der Waals surface area contributed by atoms with Crippen molar-refractivity contribution in [1.29, 1.82) is 0 Å². The van der Waals surface area contributed by atoms with E-state index in [9.17, 15) is 9.59 Å². The van der Waals surface area contributed by atoms with Gasteiger partial charge < -0.3 is 14.8 Å². The van der Waals surface area contributed by atoms with Gasteiger partial charge >= 0.3 is 0 Å². The van der Waals surface area contributed by atoms with E-state index in [2.05, 4.69) is 5.32 Å². The minimum absolute atomic E-state index is 0.0103. The molecule has 0 saturated carbocycles. The van der Waals surface area contributed by atoms with E-state index < -0.39 is 11.3 Å². The average molecular weight is 295 g/mol. The Labute approximate surface area is 121 Å². The topological polar surface area (TPSA) is 64.6 Å². The van der Waals surface area contributed by atoms with Crippen LogP contribution in [0.5, 0.6) is 0 Å². The lowest BCUT2D eigenvalue weighted by molar-refractivity contribution is -0.117. The molecule has 1 aliphatic rings. The number of Topliss-reactive ketones (excluding diaryl/α,β-unsaturated/α-hetero) is 1. The standard InChI is InChI=1S/C14H17NO4S/c1-14(2,3)11(16)9-4-7-20-13(9)15-12(17)10-8-18-5-6-19-10/h4,7-8H,5-6H2,1-3H3,(H,15,17). The Hall–Kier alpha value is -1.82. The van der Waals surface area contributed by atoms with Gasteiger partial charge in [0, 0.05) is 5.41 Å². The first-order valence-electron chi connectivity index (χ1n) is 6.28. The van der Waals surface area contributed by atoms with Crippen molar-refractivity contribution in [2.24, 2.45) is 5.41 Å². The lowest BCUT2D eigenvalue weighted by atomic mass is 9.87. The molecule has 5 nitrogen and oxygen atoms in total. The first kappa shape index (κ1) is 14.6. The highest BCUT2D eigenvalue weighted by atomic mass is 32.1. The van der Waals surface area contributed by atoms with Crippen LogP contribution in [-0.4, -0.2) is 24.9 Å². The van der Waals surface area contributed by atoms with E-state index >= 15 is 0 Å². The molecule has 2 heterocycles. The molecule has 20 heavy (non-hydrogen) atoms.